The van der Waals surface area contributed by atoms with Crippen molar-refractivity contribution in [2.45, 2.75) is 33.1 Å². The van der Waals surface area contributed by atoms with Crippen molar-refractivity contribution in [3.05, 3.63) is 47.0 Å². The zero-order valence-corrected chi connectivity index (χ0v) is 13.9. The van der Waals surface area contributed by atoms with E-state index in [1.165, 1.54) is 10.9 Å². The first-order valence-electron chi connectivity index (χ1n) is 7.09. The van der Waals surface area contributed by atoms with Crippen molar-refractivity contribution in [3.63, 3.8) is 0 Å². The second kappa shape index (κ2) is 4.39. The Bertz CT molecular complexity index is 656. The summed E-state index contributed by atoms with van der Waals surface area (Å²) in [7, 11) is 0. The number of hydrogen-bond donors (Lipinski definition) is 0. The summed E-state index contributed by atoms with van der Waals surface area (Å²) in [5.41, 5.74) is 1.76. The van der Waals surface area contributed by atoms with Crippen LogP contribution in [0.1, 0.15) is 38.6 Å². The molecule has 0 radical (unpaired) electrons. The van der Waals surface area contributed by atoms with Crippen molar-refractivity contribution in [1.82, 2.24) is 0 Å². The molecular weight excluding hydrogens is 287 g/mol. The van der Waals surface area contributed by atoms with E-state index in [0.717, 1.165) is 10.4 Å². The average Bonchev–Trinajstić information content (AvgIpc) is 2.80. The van der Waals surface area contributed by atoms with Gasteiger partial charge in [0.05, 0.1) is 5.38 Å². The van der Waals surface area contributed by atoms with Crippen molar-refractivity contribution in [2.75, 3.05) is 0 Å². The Kier molecular flexibility index (Phi) is 3.12. The average molecular weight is 307 g/mol. The predicted octanol–water partition coefficient (Wildman–Crippen LogP) is 6.46. The van der Waals surface area contributed by atoms with Crippen LogP contribution in [0.25, 0.3) is 10.8 Å². The van der Waals surface area contributed by atoms with Crippen molar-refractivity contribution in [2.24, 2.45) is 16.7 Å². The van der Waals surface area contributed by atoms with Gasteiger partial charge in [0.25, 0.3) is 0 Å². The Morgan fingerprint density at radius 3 is 2.00 bits per heavy atom. The van der Waals surface area contributed by atoms with E-state index in [9.17, 15) is 0 Å². The molecular formula is C18H20Cl2. The van der Waals surface area contributed by atoms with Gasteiger partial charge in [-0.15, -0.1) is 11.6 Å². The summed E-state index contributed by atoms with van der Waals surface area (Å²) in [6, 6.07) is 12.3. The van der Waals surface area contributed by atoms with Gasteiger partial charge in [-0.1, -0.05) is 69.6 Å². The molecule has 2 aromatic carbocycles. The van der Waals surface area contributed by atoms with Gasteiger partial charge < -0.3 is 0 Å². The van der Waals surface area contributed by atoms with Crippen LogP contribution in [0, 0.1) is 16.7 Å². The molecule has 0 aromatic heterocycles. The van der Waals surface area contributed by atoms with E-state index < -0.39 is 0 Å². The smallest absolute Gasteiger partial charge is 0.0630 e. The molecule has 1 atom stereocenters. The summed E-state index contributed by atoms with van der Waals surface area (Å²) in [4.78, 5) is 0. The van der Waals surface area contributed by atoms with Crippen molar-refractivity contribution < 1.29 is 0 Å². The molecule has 3 rings (SSSR count). The standard InChI is InChI=1S/C18H20Cl2/c1-17(2)16(18(17,3)4)15(20)13-9-10-14(19)12-8-6-5-7-11(12)13/h5-10,15-16H,1-4H3. The van der Waals surface area contributed by atoms with Crippen LogP contribution in [-0.2, 0) is 0 Å². The molecule has 0 heterocycles. The molecule has 0 N–H and O–H groups in total. The van der Waals surface area contributed by atoms with E-state index >= 15 is 0 Å². The lowest BCUT2D eigenvalue weighted by atomic mass is 9.96. The number of hydrogen-bond acceptors (Lipinski definition) is 0. The third-order valence-corrected chi connectivity index (χ3v) is 6.44. The molecule has 0 bridgehead atoms. The summed E-state index contributed by atoms with van der Waals surface area (Å²) < 4.78 is 0. The van der Waals surface area contributed by atoms with Crippen LogP contribution in [0.3, 0.4) is 0 Å². The Morgan fingerprint density at radius 1 is 0.900 bits per heavy atom. The predicted molar refractivity (Wildman–Crippen MR) is 88.6 cm³/mol. The number of benzene rings is 2. The SMILES string of the molecule is CC1(C)C(C(Cl)c2ccc(Cl)c3ccccc23)C1(C)C. The Morgan fingerprint density at radius 2 is 1.45 bits per heavy atom. The first kappa shape index (κ1) is 14.2. The van der Waals surface area contributed by atoms with Crippen LogP contribution < -0.4 is 0 Å². The lowest BCUT2D eigenvalue weighted by Crippen LogP contribution is -2.00. The van der Waals surface area contributed by atoms with Crippen molar-refractivity contribution >= 4 is 34.0 Å². The second-order valence-electron chi connectivity index (χ2n) is 7.01. The molecule has 0 amide bonds. The van der Waals surface area contributed by atoms with Crippen LogP contribution in [0.4, 0.5) is 0 Å². The summed E-state index contributed by atoms with van der Waals surface area (Å²) in [6.45, 7) is 9.24. The molecule has 106 valence electrons. The zero-order valence-electron chi connectivity index (χ0n) is 12.4. The van der Waals surface area contributed by atoms with Crippen LogP contribution >= 0.6 is 23.2 Å². The molecule has 1 aliphatic carbocycles. The Hall–Kier alpha value is -0.720. The number of halogens is 2. The quantitative estimate of drug-likeness (QED) is 0.559. The van der Waals surface area contributed by atoms with Gasteiger partial charge in [0, 0.05) is 10.4 Å². The fourth-order valence-corrected chi connectivity index (χ4v) is 4.73. The van der Waals surface area contributed by atoms with E-state index in [2.05, 4.69) is 52.0 Å². The first-order valence-corrected chi connectivity index (χ1v) is 7.91. The minimum Gasteiger partial charge on any atom is -0.117 e. The maximum Gasteiger partial charge on any atom is 0.0630 e. The molecule has 1 aliphatic rings. The van der Waals surface area contributed by atoms with E-state index in [0.29, 0.717) is 5.92 Å². The Labute approximate surface area is 131 Å². The molecule has 1 saturated carbocycles. The number of alkyl halides is 1. The van der Waals surface area contributed by atoms with Crippen LogP contribution in [0.2, 0.25) is 5.02 Å². The van der Waals surface area contributed by atoms with Gasteiger partial charge in [0.1, 0.15) is 0 Å². The topological polar surface area (TPSA) is 0 Å². The van der Waals surface area contributed by atoms with Crippen LogP contribution in [0.15, 0.2) is 36.4 Å². The van der Waals surface area contributed by atoms with Crippen molar-refractivity contribution in [3.8, 4) is 0 Å². The van der Waals surface area contributed by atoms with Crippen molar-refractivity contribution in [1.29, 1.82) is 0 Å². The molecule has 1 fully saturated rings. The fourth-order valence-electron chi connectivity index (χ4n) is 3.68. The second-order valence-corrected chi connectivity index (χ2v) is 7.88. The monoisotopic (exact) mass is 306 g/mol. The highest BCUT2D eigenvalue weighted by atomic mass is 35.5. The minimum atomic E-state index is 0.0298. The van der Waals surface area contributed by atoms with Gasteiger partial charge in [-0.3, -0.25) is 0 Å². The van der Waals surface area contributed by atoms with E-state index in [1.54, 1.807) is 0 Å². The summed E-state index contributed by atoms with van der Waals surface area (Å²) in [6.07, 6.45) is 0. The lowest BCUT2D eigenvalue weighted by Gasteiger charge is -2.15. The summed E-state index contributed by atoms with van der Waals surface area (Å²) in [5.74, 6) is 0.487. The first-order chi connectivity index (χ1) is 9.28. The maximum absolute atomic E-state index is 6.86. The van der Waals surface area contributed by atoms with Crippen LogP contribution in [-0.4, -0.2) is 0 Å². The highest BCUT2D eigenvalue weighted by Crippen LogP contribution is 2.73. The van der Waals surface area contributed by atoms with Gasteiger partial charge in [-0.05, 0) is 33.8 Å². The number of fused-ring (bicyclic) bond motifs is 1. The maximum atomic E-state index is 6.86. The van der Waals surface area contributed by atoms with Gasteiger partial charge >= 0.3 is 0 Å². The fraction of sp³-hybridized carbons (Fsp3) is 0.444. The van der Waals surface area contributed by atoms with E-state index in [4.69, 9.17) is 23.2 Å². The Balaban J connectivity index is 2.11. The largest absolute Gasteiger partial charge is 0.117 e. The van der Waals surface area contributed by atoms with Gasteiger partial charge in [-0.2, -0.15) is 0 Å². The highest BCUT2D eigenvalue weighted by Gasteiger charge is 2.67. The minimum absolute atomic E-state index is 0.0298. The molecule has 2 aromatic rings. The van der Waals surface area contributed by atoms with E-state index in [-0.39, 0.29) is 16.2 Å². The van der Waals surface area contributed by atoms with Gasteiger partial charge in [0.15, 0.2) is 0 Å². The molecule has 20 heavy (non-hydrogen) atoms. The summed E-state index contributed by atoms with van der Waals surface area (Å²) in [5, 5.41) is 3.09. The van der Waals surface area contributed by atoms with E-state index in [1.807, 2.05) is 12.1 Å². The molecule has 0 nitrogen and oxygen atoms in total. The van der Waals surface area contributed by atoms with Gasteiger partial charge in [-0.25, -0.2) is 0 Å². The third-order valence-electron chi connectivity index (χ3n) is 5.63. The van der Waals surface area contributed by atoms with Crippen LogP contribution in [0.5, 0.6) is 0 Å². The zero-order chi connectivity index (χ0) is 14.7. The molecule has 1 unspecified atom stereocenters. The lowest BCUT2D eigenvalue weighted by molar-refractivity contribution is 0.457. The third kappa shape index (κ3) is 1.81. The highest BCUT2D eigenvalue weighted by molar-refractivity contribution is 6.35. The summed E-state index contributed by atoms with van der Waals surface area (Å²) >= 11 is 13.2. The normalized spacial score (nSPS) is 21.9. The molecule has 0 spiro atoms. The van der Waals surface area contributed by atoms with Gasteiger partial charge in [0.2, 0.25) is 0 Å². The molecule has 2 heteroatoms. The molecule has 0 saturated heterocycles. The molecule has 0 aliphatic heterocycles. The number of rotatable bonds is 2.